The van der Waals surface area contributed by atoms with E-state index in [9.17, 15) is 0 Å². The molecule has 0 radical (unpaired) electrons. The Balaban J connectivity index is 2.36. The number of halogens is 1. The Kier molecular flexibility index (Phi) is 2.33. The third kappa shape index (κ3) is 1.55. The molecule has 2 atom stereocenters. The van der Waals surface area contributed by atoms with Gasteiger partial charge in [0.2, 0.25) is 0 Å². The average Bonchev–Trinajstić information content (AvgIpc) is 2.46. The van der Waals surface area contributed by atoms with Gasteiger partial charge < -0.3 is 11.1 Å². The number of nitrogens with one attached hydrogen (secondary N) is 1. The van der Waals surface area contributed by atoms with Crippen LogP contribution in [0.5, 0.6) is 0 Å². The maximum atomic E-state index is 6.08. The van der Waals surface area contributed by atoms with Crippen LogP contribution in [0.15, 0.2) is 29.3 Å². The summed E-state index contributed by atoms with van der Waals surface area (Å²) in [4.78, 5) is 4.30. The first-order chi connectivity index (χ1) is 6.68. The smallest absolute Gasteiger partial charge is 0.189 e. The zero-order chi connectivity index (χ0) is 10.1. The van der Waals surface area contributed by atoms with Crippen LogP contribution >= 0.6 is 11.6 Å². The minimum absolute atomic E-state index is 0.0312. The molecule has 0 aliphatic carbocycles. The Hall–Kier alpha value is -1.22. The van der Waals surface area contributed by atoms with Gasteiger partial charge in [-0.15, -0.1) is 0 Å². The minimum Gasteiger partial charge on any atom is -0.370 e. The number of aliphatic imine (C=N–C) groups is 1. The van der Waals surface area contributed by atoms with E-state index in [1.54, 1.807) is 0 Å². The van der Waals surface area contributed by atoms with E-state index in [1.807, 2.05) is 31.2 Å². The van der Waals surface area contributed by atoms with Gasteiger partial charge in [-0.3, -0.25) is 0 Å². The van der Waals surface area contributed by atoms with Crippen molar-refractivity contribution in [2.45, 2.75) is 19.0 Å². The lowest BCUT2D eigenvalue weighted by Gasteiger charge is -2.14. The number of guanidine groups is 1. The van der Waals surface area contributed by atoms with Crippen molar-refractivity contribution in [1.29, 1.82) is 0 Å². The second-order valence-electron chi connectivity index (χ2n) is 3.41. The van der Waals surface area contributed by atoms with Gasteiger partial charge >= 0.3 is 0 Å². The zero-order valence-corrected chi connectivity index (χ0v) is 8.62. The Labute approximate surface area is 88.0 Å². The minimum atomic E-state index is 0.0312. The molecule has 0 fully saturated rings. The first-order valence-corrected chi connectivity index (χ1v) is 4.90. The Morgan fingerprint density at radius 3 is 2.71 bits per heavy atom. The van der Waals surface area contributed by atoms with E-state index in [2.05, 4.69) is 10.3 Å². The van der Waals surface area contributed by atoms with Gasteiger partial charge in [0.1, 0.15) is 6.04 Å². The number of benzene rings is 1. The molecule has 1 heterocycles. The molecule has 0 aromatic heterocycles. The van der Waals surface area contributed by atoms with E-state index in [0.717, 1.165) is 10.6 Å². The summed E-state index contributed by atoms with van der Waals surface area (Å²) in [6.07, 6.45) is 0. The predicted octanol–water partition coefficient (Wildman–Crippen LogP) is 1.69. The summed E-state index contributed by atoms with van der Waals surface area (Å²) in [6.45, 7) is 2.04. The van der Waals surface area contributed by atoms with E-state index in [1.165, 1.54) is 0 Å². The molecule has 0 saturated heterocycles. The number of hydrogen-bond acceptors (Lipinski definition) is 3. The zero-order valence-electron chi connectivity index (χ0n) is 7.87. The van der Waals surface area contributed by atoms with Crippen LogP contribution in [0.2, 0.25) is 5.02 Å². The van der Waals surface area contributed by atoms with Crippen molar-refractivity contribution >= 4 is 17.6 Å². The Morgan fingerprint density at radius 1 is 1.43 bits per heavy atom. The molecule has 3 N–H and O–H groups in total. The molecule has 1 aromatic carbocycles. The maximum absolute atomic E-state index is 6.08. The largest absolute Gasteiger partial charge is 0.370 e. The van der Waals surface area contributed by atoms with Crippen LogP contribution < -0.4 is 11.1 Å². The van der Waals surface area contributed by atoms with Crippen molar-refractivity contribution in [3.8, 4) is 0 Å². The fourth-order valence-electron chi connectivity index (χ4n) is 1.66. The number of hydrogen-bond donors (Lipinski definition) is 2. The quantitative estimate of drug-likeness (QED) is 0.740. The molecule has 1 aliphatic heterocycles. The highest BCUT2D eigenvalue weighted by molar-refractivity contribution is 6.31. The molecule has 4 heteroatoms. The van der Waals surface area contributed by atoms with Gasteiger partial charge in [0.05, 0.1) is 6.04 Å². The van der Waals surface area contributed by atoms with E-state index in [-0.39, 0.29) is 12.1 Å². The molecule has 0 unspecified atom stereocenters. The summed E-state index contributed by atoms with van der Waals surface area (Å²) in [5, 5.41) is 3.80. The molecule has 1 aliphatic rings. The molecular weight excluding hydrogens is 198 g/mol. The highest BCUT2D eigenvalue weighted by Crippen LogP contribution is 2.30. The van der Waals surface area contributed by atoms with Crippen molar-refractivity contribution in [2.24, 2.45) is 10.7 Å². The van der Waals surface area contributed by atoms with E-state index in [0.29, 0.717) is 5.96 Å². The summed E-state index contributed by atoms with van der Waals surface area (Å²) in [5.74, 6) is 0.488. The summed E-state index contributed by atoms with van der Waals surface area (Å²) in [5.41, 5.74) is 6.62. The first kappa shape index (κ1) is 9.34. The van der Waals surface area contributed by atoms with E-state index in [4.69, 9.17) is 17.3 Å². The van der Waals surface area contributed by atoms with Crippen LogP contribution in [-0.4, -0.2) is 12.0 Å². The van der Waals surface area contributed by atoms with Crippen LogP contribution in [0, 0.1) is 0 Å². The molecular formula is C10H12ClN3. The lowest BCUT2D eigenvalue weighted by Crippen LogP contribution is -2.33. The molecule has 3 nitrogen and oxygen atoms in total. The monoisotopic (exact) mass is 209 g/mol. The van der Waals surface area contributed by atoms with Crippen molar-refractivity contribution in [1.82, 2.24) is 5.32 Å². The lowest BCUT2D eigenvalue weighted by molar-refractivity contribution is 0.588. The topological polar surface area (TPSA) is 50.4 Å². The highest BCUT2D eigenvalue weighted by atomic mass is 35.5. The average molecular weight is 210 g/mol. The van der Waals surface area contributed by atoms with Crippen LogP contribution in [0.1, 0.15) is 18.5 Å². The number of nitrogens with two attached hydrogens (primary N) is 1. The standard InChI is InChI=1S/C10H12ClN3/c1-6-9(14-10(12)13-6)7-4-2-3-5-8(7)11/h2-6,9H,1H3,(H3,12,13,14)/t6-,9+/m1/s1. The van der Waals surface area contributed by atoms with Gasteiger partial charge in [-0.05, 0) is 18.6 Å². The van der Waals surface area contributed by atoms with Crippen molar-refractivity contribution in [3.63, 3.8) is 0 Å². The summed E-state index contributed by atoms with van der Waals surface area (Å²) >= 11 is 6.08. The molecule has 0 bridgehead atoms. The fraction of sp³-hybridized carbons (Fsp3) is 0.300. The van der Waals surface area contributed by atoms with E-state index >= 15 is 0 Å². The molecule has 2 rings (SSSR count). The molecule has 0 saturated carbocycles. The molecule has 0 spiro atoms. The maximum Gasteiger partial charge on any atom is 0.189 e. The van der Waals surface area contributed by atoms with E-state index < -0.39 is 0 Å². The Morgan fingerprint density at radius 2 is 2.14 bits per heavy atom. The SMILES string of the molecule is C[C@H]1NC(N)=N[C@@H]1c1ccccc1Cl. The van der Waals surface area contributed by atoms with Gasteiger partial charge in [0.15, 0.2) is 5.96 Å². The van der Waals surface area contributed by atoms with Crippen molar-refractivity contribution in [3.05, 3.63) is 34.9 Å². The van der Waals surface area contributed by atoms with Gasteiger partial charge in [-0.1, -0.05) is 29.8 Å². The Bertz CT molecular complexity index is 375. The number of rotatable bonds is 1. The number of nitrogens with zero attached hydrogens (tertiary/aromatic N) is 1. The first-order valence-electron chi connectivity index (χ1n) is 4.52. The normalized spacial score (nSPS) is 25.7. The molecule has 0 amide bonds. The lowest BCUT2D eigenvalue weighted by atomic mass is 10.0. The van der Waals surface area contributed by atoms with Crippen LogP contribution in [-0.2, 0) is 0 Å². The third-order valence-electron chi connectivity index (χ3n) is 2.35. The fourth-order valence-corrected chi connectivity index (χ4v) is 1.91. The van der Waals surface area contributed by atoms with Crippen LogP contribution in [0.4, 0.5) is 0 Å². The van der Waals surface area contributed by atoms with Crippen molar-refractivity contribution in [2.75, 3.05) is 0 Å². The molecule has 1 aromatic rings. The highest BCUT2D eigenvalue weighted by Gasteiger charge is 2.26. The second kappa shape index (κ2) is 3.50. The predicted molar refractivity (Wildman–Crippen MR) is 58.4 cm³/mol. The van der Waals surface area contributed by atoms with Gasteiger partial charge in [0, 0.05) is 5.02 Å². The molecule has 74 valence electrons. The van der Waals surface area contributed by atoms with Gasteiger partial charge in [-0.25, -0.2) is 4.99 Å². The van der Waals surface area contributed by atoms with Crippen molar-refractivity contribution < 1.29 is 0 Å². The van der Waals surface area contributed by atoms with Crippen LogP contribution in [0.3, 0.4) is 0 Å². The van der Waals surface area contributed by atoms with Gasteiger partial charge in [-0.2, -0.15) is 0 Å². The van der Waals surface area contributed by atoms with Crippen LogP contribution in [0.25, 0.3) is 0 Å². The third-order valence-corrected chi connectivity index (χ3v) is 2.70. The van der Waals surface area contributed by atoms with Gasteiger partial charge in [0.25, 0.3) is 0 Å². The molecule has 14 heavy (non-hydrogen) atoms. The summed E-state index contributed by atoms with van der Waals surface area (Å²) in [6, 6.07) is 7.95. The summed E-state index contributed by atoms with van der Waals surface area (Å²) < 4.78 is 0. The second-order valence-corrected chi connectivity index (χ2v) is 3.82. The summed E-state index contributed by atoms with van der Waals surface area (Å²) in [7, 11) is 0.